The number of unbranched alkanes of at least 4 members (excludes halogenated alkanes) is 2. The van der Waals surface area contributed by atoms with Gasteiger partial charge >= 0.3 is 12.1 Å². The molecule has 2 saturated heterocycles. The molecule has 0 spiro atoms. The monoisotopic (exact) mass is 508 g/mol. The molecule has 0 unspecified atom stereocenters. The molecule has 0 aromatic heterocycles. The summed E-state index contributed by atoms with van der Waals surface area (Å²) < 4.78 is 5.83. The van der Waals surface area contributed by atoms with E-state index >= 15 is 0 Å². The third-order valence-electron chi connectivity index (χ3n) is 7.35. The fourth-order valence-electron chi connectivity index (χ4n) is 4.95. The van der Waals surface area contributed by atoms with Gasteiger partial charge in [-0.3, -0.25) is 19.4 Å². The Morgan fingerprint density at radius 2 is 1.28 bits per heavy atom. The first kappa shape index (κ1) is 30.1. The first-order valence-corrected chi connectivity index (χ1v) is 13.6. The van der Waals surface area contributed by atoms with Crippen LogP contribution < -0.4 is 0 Å². The Bertz CT molecular complexity index is 782. The van der Waals surface area contributed by atoms with E-state index in [0.29, 0.717) is 19.6 Å². The van der Waals surface area contributed by atoms with Crippen LogP contribution in [0.2, 0.25) is 0 Å². The molecular formula is C27H48N4O5. The molecule has 0 bridgehead atoms. The molecule has 2 aliphatic heterocycles. The molecular weight excluding hydrogens is 460 g/mol. The largest absolute Gasteiger partial charge is 0.381 e. The van der Waals surface area contributed by atoms with Gasteiger partial charge in [-0.1, -0.05) is 40.5 Å². The summed E-state index contributed by atoms with van der Waals surface area (Å²) in [7, 11) is 1.66. The van der Waals surface area contributed by atoms with Crippen molar-refractivity contribution in [3.63, 3.8) is 0 Å². The summed E-state index contributed by atoms with van der Waals surface area (Å²) in [5, 5.41) is 0. The van der Waals surface area contributed by atoms with Gasteiger partial charge in [0.15, 0.2) is 0 Å². The van der Waals surface area contributed by atoms with E-state index in [9.17, 15) is 19.2 Å². The SMILES string of the molecule is CCN1CC(=O)N(CCCC(C)(C)CCCCOCCCCC(C)(C)CN2C(=O)CN(C)C2=O)C1=O. The molecule has 2 fully saturated rings. The van der Waals surface area contributed by atoms with Crippen LogP contribution in [0.5, 0.6) is 0 Å². The van der Waals surface area contributed by atoms with Crippen LogP contribution in [-0.2, 0) is 14.3 Å². The summed E-state index contributed by atoms with van der Waals surface area (Å²) in [6.45, 7) is 14.1. The molecule has 206 valence electrons. The fourth-order valence-corrected chi connectivity index (χ4v) is 4.95. The van der Waals surface area contributed by atoms with Crippen LogP contribution in [0.1, 0.15) is 86.0 Å². The summed E-state index contributed by atoms with van der Waals surface area (Å²) >= 11 is 0. The van der Waals surface area contributed by atoms with Crippen molar-refractivity contribution in [2.45, 2.75) is 86.0 Å². The second-order valence-corrected chi connectivity index (χ2v) is 11.9. The smallest absolute Gasteiger partial charge is 0.327 e. The Balaban J connectivity index is 1.50. The molecule has 0 atom stereocenters. The molecule has 0 saturated carbocycles. The number of hydrogen-bond acceptors (Lipinski definition) is 5. The second kappa shape index (κ2) is 13.4. The molecule has 0 aliphatic carbocycles. The highest BCUT2D eigenvalue weighted by molar-refractivity contribution is 6.02. The maximum absolute atomic E-state index is 12.2. The molecule has 2 rings (SSSR count). The van der Waals surface area contributed by atoms with Gasteiger partial charge in [0.1, 0.15) is 13.1 Å². The summed E-state index contributed by atoms with van der Waals surface area (Å²) in [6.07, 6.45) is 7.95. The van der Waals surface area contributed by atoms with Crippen LogP contribution in [0.3, 0.4) is 0 Å². The minimum Gasteiger partial charge on any atom is -0.381 e. The number of ether oxygens (including phenoxy) is 1. The lowest BCUT2D eigenvalue weighted by Gasteiger charge is -2.29. The van der Waals surface area contributed by atoms with Gasteiger partial charge in [0.05, 0.1) is 0 Å². The highest BCUT2D eigenvalue weighted by Gasteiger charge is 2.37. The maximum Gasteiger partial charge on any atom is 0.327 e. The number of hydrogen-bond donors (Lipinski definition) is 0. The second-order valence-electron chi connectivity index (χ2n) is 11.9. The number of imide groups is 2. The minimum atomic E-state index is -0.195. The average Bonchev–Trinajstić information content (AvgIpc) is 3.20. The standard InChI is InChI=1S/C27H48N4O5/c1-7-29-20-23(33)30(25(29)35)16-12-15-26(2,3)13-8-10-17-36-18-11-9-14-27(4,5)21-31-22(32)19-28(6)24(31)34/h7-21H2,1-6H3. The van der Waals surface area contributed by atoms with Gasteiger partial charge < -0.3 is 14.5 Å². The average molecular weight is 509 g/mol. The number of rotatable bonds is 17. The van der Waals surface area contributed by atoms with E-state index < -0.39 is 0 Å². The van der Waals surface area contributed by atoms with Gasteiger partial charge in [0, 0.05) is 39.9 Å². The molecule has 9 nitrogen and oxygen atoms in total. The van der Waals surface area contributed by atoms with Crippen molar-refractivity contribution in [3.05, 3.63) is 0 Å². The highest BCUT2D eigenvalue weighted by Crippen LogP contribution is 2.30. The predicted octanol–water partition coefficient (Wildman–Crippen LogP) is 4.35. The van der Waals surface area contributed by atoms with Crippen molar-refractivity contribution in [2.75, 3.05) is 53.0 Å². The zero-order valence-corrected chi connectivity index (χ0v) is 23.4. The fraction of sp³-hybridized carbons (Fsp3) is 0.852. The van der Waals surface area contributed by atoms with Crippen molar-refractivity contribution in [3.8, 4) is 0 Å². The number of carbonyl (C=O) groups is 4. The molecule has 0 aromatic rings. The van der Waals surface area contributed by atoms with E-state index in [1.165, 1.54) is 14.7 Å². The van der Waals surface area contributed by atoms with Gasteiger partial charge in [0.2, 0.25) is 11.8 Å². The topological polar surface area (TPSA) is 90.5 Å². The Morgan fingerprint density at radius 1 is 0.722 bits per heavy atom. The van der Waals surface area contributed by atoms with Crippen LogP contribution in [0.25, 0.3) is 0 Å². The van der Waals surface area contributed by atoms with Gasteiger partial charge in [0.25, 0.3) is 0 Å². The zero-order chi connectivity index (χ0) is 26.9. The Morgan fingerprint density at radius 3 is 1.81 bits per heavy atom. The van der Waals surface area contributed by atoms with E-state index in [2.05, 4.69) is 27.7 Å². The molecule has 36 heavy (non-hydrogen) atoms. The van der Waals surface area contributed by atoms with Crippen molar-refractivity contribution < 1.29 is 23.9 Å². The van der Waals surface area contributed by atoms with E-state index in [1.807, 2.05) is 6.92 Å². The number of amides is 6. The minimum absolute atomic E-state index is 0.0787. The quantitative estimate of drug-likeness (QED) is 0.215. The van der Waals surface area contributed by atoms with E-state index in [0.717, 1.165) is 64.6 Å². The van der Waals surface area contributed by atoms with Crippen molar-refractivity contribution in [1.29, 1.82) is 0 Å². The molecule has 0 radical (unpaired) electrons. The Hall–Kier alpha value is -2.16. The Labute approximate surface area is 217 Å². The number of likely N-dealkylation sites (N-methyl/N-ethyl adjacent to an activating group) is 2. The molecule has 0 aromatic carbocycles. The van der Waals surface area contributed by atoms with E-state index in [4.69, 9.17) is 4.74 Å². The first-order chi connectivity index (χ1) is 16.9. The lowest BCUT2D eigenvalue weighted by molar-refractivity contribution is -0.126. The lowest BCUT2D eigenvalue weighted by atomic mass is 9.82. The Kier molecular flexibility index (Phi) is 11.2. The molecule has 2 heterocycles. The van der Waals surface area contributed by atoms with Gasteiger partial charge in [-0.25, -0.2) is 9.59 Å². The molecule has 6 amide bonds. The normalized spacial score (nSPS) is 17.4. The highest BCUT2D eigenvalue weighted by atomic mass is 16.5. The van der Waals surface area contributed by atoms with Gasteiger partial charge in [-0.2, -0.15) is 0 Å². The molecule has 9 heteroatoms. The third kappa shape index (κ3) is 9.05. The number of carbonyl (C=O) groups excluding carboxylic acids is 4. The third-order valence-corrected chi connectivity index (χ3v) is 7.35. The van der Waals surface area contributed by atoms with Crippen LogP contribution in [0, 0.1) is 10.8 Å². The van der Waals surface area contributed by atoms with Gasteiger partial charge in [-0.15, -0.1) is 0 Å². The summed E-state index contributed by atoms with van der Waals surface area (Å²) in [4.78, 5) is 54.1. The molecule has 2 aliphatic rings. The van der Waals surface area contributed by atoms with Crippen LogP contribution in [0.15, 0.2) is 0 Å². The summed E-state index contributed by atoms with van der Waals surface area (Å²) in [6, 6.07) is -0.342. The van der Waals surface area contributed by atoms with Crippen LogP contribution in [-0.4, -0.2) is 96.5 Å². The van der Waals surface area contributed by atoms with Gasteiger partial charge in [-0.05, 0) is 56.3 Å². The molecule has 0 N–H and O–H groups in total. The van der Waals surface area contributed by atoms with E-state index in [-0.39, 0.29) is 47.8 Å². The summed E-state index contributed by atoms with van der Waals surface area (Å²) in [5.74, 6) is -0.188. The summed E-state index contributed by atoms with van der Waals surface area (Å²) in [5.41, 5.74) is 0.0710. The van der Waals surface area contributed by atoms with Crippen molar-refractivity contribution in [2.24, 2.45) is 10.8 Å². The van der Waals surface area contributed by atoms with Crippen LogP contribution in [0.4, 0.5) is 9.59 Å². The zero-order valence-electron chi connectivity index (χ0n) is 23.4. The lowest BCUT2D eigenvalue weighted by Crippen LogP contribution is -2.39. The first-order valence-electron chi connectivity index (χ1n) is 13.6. The predicted molar refractivity (Wildman–Crippen MR) is 139 cm³/mol. The number of urea groups is 2. The van der Waals surface area contributed by atoms with Crippen molar-refractivity contribution >= 4 is 23.9 Å². The number of nitrogens with zero attached hydrogens (tertiary/aromatic N) is 4. The van der Waals surface area contributed by atoms with E-state index in [1.54, 1.807) is 11.9 Å². The maximum atomic E-state index is 12.2. The van der Waals surface area contributed by atoms with Crippen molar-refractivity contribution in [1.82, 2.24) is 19.6 Å². The van der Waals surface area contributed by atoms with Crippen LogP contribution >= 0.6 is 0 Å².